The molecule has 2 atom stereocenters. The number of carbonyl (C=O) groups is 3. The summed E-state index contributed by atoms with van der Waals surface area (Å²) in [5.74, 6) is -2.29. The summed E-state index contributed by atoms with van der Waals surface area (Å²) in [7, 11) is 0. The number of carbonyl (C=O) groups excluding carboxylic acids is 1. The Morgan fingerprint density at radius 3 is 1.65 bits per heavy atom. The number of guanidine groups is 1. The maximum Gasteiger partial charge on any atom is 0.320 e. The van der Waals surface area contributed by atoms with Gasteiger partial charge in [0.15, 0.2) is 5.96 Å². The van der Waals surface area contributed by atoms with Gasteiger partial charge in [0.05, 0.1) is 19.3 Å². The summed E-state index contributed by atoms with van der Waals surface area (Å²) < 4.78 is 0. The average molecular weight is 384 g/mol. The maximum atomic E-state index is 10.2. The van der Waals surface area contributed by atoms with Gasteiger partial charge < -0.3 is 49.1 Å². The first-order chi connectivity index (χ1) is 11.8. The molecule has 1 unspecified atom stereocenters. The molecule has 13 nitrogen and oxygen atoms in total. The van der Waals surface area contributed by atoms with Crippen molar-refractivity contribution in [2.45, 2.75) is 38.8 Å². The van der Waals surface area contributed by atoms with E-state index in [1.807, 2.05) is 0 Å². The van der Waals surface area contributed by atoms with E-state index in [1.54, 1.807) is 0 Å². The lowest BCUT2D eigenvalue weighted by Gasteiger charge is -2.03. The van der Waals surface area contributed by atoms with Gasteiger partial charge in [-0.25, -0.2) is 0 Å². The zero-order chi connectivity index (χ0) is 21.7. The van der Waals surface area contributed by atoms with Gasteiger partial charge in [-0.3, -0.25) is 19.4 Å². The fourth-order valence-corrected chi connectivity index (χ4v) is 0.643. The van der Waals surface area contributed by atoms with Gasteiger partial charge in [-0.15, -0.1) is 0 Å². The minimum atomic E-state index is -1.00. The zero-order valence-electron chi connectivity index (χ0n) is 15.0. The highest BCUT2D eigenvalue weighted by Crippen LogP contribution is 1.94. The number of aliphatic imine (C=N–C) groups is 1. The van der Waals surface area contributed by atoms with Crippen LogP contribution in [0.5, 0.6) is 0 Å². The number of carboxylic acids is 2. The van der Waals surface area contributed by atoms with Crippen molar-refractivity contribution in [2.75, 3.05) is 19.7 Å². The molecule has 0 saturated heterocycles. The van der Waals surface area contributed by atoms with E-state index < -0.39 is 24.1 Å². The second-order valence-electron chi connectivity index (χ2n) is 4.63. The summed E-state index contributed by atoms with van der Waals surface area (Å²) in [6.07, 6.45) is 0.396. The SMILES string of the molecule is CC(N)=O.CC(O)CO.NC(N)=NCCC[C@H](N)C(=O)O.NCC(=O)O. The first kappa shape index (κ1) is 31.3. The molecule has 0 aliphatic carbocycles. The van der Waals surface area contributed by atoms with Crippen LogP contribution in [0.2, 0.25) is 0 Å². The molecule has 0 aliphatic rings. The van der Waals surface area contributed by atoms with Gasteiger partial charge in [-0.05, 0) is 19.8 Å². The largest absolute Gasteiger partial charge is 0.480 e. The molecule has 26 heavy (non-hydrogen) atoms. The molecule has 0 spiro atoms. The number of nitrogens with two attached hydrogens (primary N) is 5. The summed E-state index contributed by atoms with van der Waals surface area (Å²) in [5, 5.41) is 32.0. The van der Waals surface area contributed by atoms with E-state index >= 15 is 0 Å². The lowest BCUT2D eigenvalue weighted by Crippen LogP contribution is -2.30. The highest BCUT2D eigenvalue weighted by atomic mass is 16.4. The second kappa shape index (κ2) is 22.5. The molecule has 156 valence electrons. The van der Waals surface area contributed by atoms with Crippen LogP contribution in [0.3, 0.4) is 0 Å². The Morgan fingerprint density at radius 2 is 1.46 bits per heavy atom. The van der Waals surface area contributed by atoms with Crippen LogP contribution in [0.25, 0.3) is 0 Å². The van der Waals surface area contributed by atoms with Crippen molar-refractivity contribution in [1.82, 2.24) is 0 Å². The molecule has 0 rings (SSSR count). The van der Waals surface area contributed by atoms with Crippen LogP contribution in [0, 0.1) is 0 Å². The number of hydrogen-bond acceptors (Lipinski definition) is 8. The Labute approximate surface area is 151 Å². The van der Waals surface area contributed by atoms with Crippen molar-refractivity contribution in [3.05, 3.63) is 0 Å². The molecule has 0 aromatic carbocycles. The zero-order valence-corrected chi connectivity index (χ0v) is 15.0. The fraction of sp³-hybridized carbons (Fsp3) is 0.692. The van der Waals surface area contributed by atoms with Crippen molar-refractivity contribution in [2.24, 2.45) is 33.7 Å². The molecule has 1 amide bonds. The van der Waals surface area contributed by atoms with Crippen molar-refractivity contribution < 1.29 is 34.8 Å². The monoisotopic (exact) mass is 384 g/mol. The molecule has 0 heterocycles. The van der Waals surface area contributed by atoms with E-state index in [0.29, 0.717) is 19.4 Å². The highest BCUT2D eigenvalue weighted by molar-refractivity contribution is 5.75. The molecule has 0 aromatic heterocycles. The predicted octanol–water partition coefficient (Wildman–Crippen LogP) is -3.67. The van der Waals surface area contributed by atoms with Gasteiger partial charge in [0.1, 0.15) is 6.04 Å². The lowest BCUT2D eigenvalue weighted by molar-refractivity contribution is -0.138. The summed E-state index contributed by atoms with van der Waals surface area (Å²) in [6, 6.07) is -0.820. The third-order valence-corrected chi connectivity index (χ3v) is 1.72. The fourth-order valence-electron chi connectivity index (χ4n) is 0.643. The van der Waals surface area contributed by atoms with Crippen molar-refractivity contribution in [1.29, 1.82) is 0 Å². The van der Waals surface area contributed by atoms with E-state index in [1.165, 1.54) is 13.8 Å². The summed E-state index contributed by atoms with van der Waals surface area (Å²) in [6.45, 7) is 2.84. The third-order valence-electron chi connectivity index (χ3n) is 1.72. The number of carboxylic acid groups (broad SMARTS) is 2. The van der Waals surface area contributed by atoms with Gasteiger partial charge in [-0.2, -0.15) is 0 Å². The van der Waals surface area contributed by atoms with E-state index in [2.05, 4.69) is 16.5 Å². The molecule has 0 aromatic rings. The number of aliphatic hydroxyl groups is 2. The Kier molecular flexibility index (Phi) is 27.1. The van der Waals surface area contributed by atoms with Gasteiger partial charge in [0, 0.05) is 13.5 Å². The number of hydrogen-bond donors (Lipinski definition) is 9. The summed E-state index contributed by atoms with van der Waals surface area (Å²) in [4.78, 5) is 32.4. The molecule has 0 saturated carbocycles. The minimum absolute atomic E-state index is 0.0129. The molecule has 0 radical (unpaired) electrons. The maximum absolute atomic E-state index is 10.2. The van der Waals surface area contributed by atoms with Gasteiger partial charge in [-0.1, -0.05) is 0 Å². The molecule has 0 fully saturated rings. The van der Waals surface area contributed by atoms with E-state index in [0.717, 1.165) is 0 Å². The second-order valence-corrected chi connectivity index (χ2v) is 4.63. The van der Waals surface area contributed by atoms with Crippen molar-refractivity contribution in [3.8, 4) is 0 Å². The third kappa shape index (κ3) is 57.8. The predicted molar refractivity (Wildman–Crippen MR) is 95.8 cm³/mol. The van der Waals surface area contributed by atoms with E-state index in [-0.39, 0.29) is 25.0 Å². The summed E-state index contributed by atoms with van der Waals surface area (Å²) in [5.41, 5.74) is 24.4. The molecule has 13 heteroatoms. The number of rotatable bonds is 7. The molecule has 0 aliphatic heterocycles. The number of nitrogens with zero attached hydrogens (tertiary/aromatic N) is 1. The summed E-state index contributed by atoms with van der Waals surface area (Å²) >= 11 is 0. The molecular formula is C13H32N6O7. The van der Waals surface area contributed by atoms with E-state index in [4.69, 9.17) is 37.6 Å². The van der Waals surface area contributed by atoms with Crippen molar-refractivity contribution >= 4 is 23.8 Å². The number of primary amides is 1. The Bertz CT molecular complexity index is 396. The number of aliphatic carboxylic acids is 2. The normalized spacial score (nSPS) is 10.8. The van der Waals surface area contributed by atoms with Crippen LogP contribution in [0.1, 0.15) is 26.7 Å². The standard InChI is InChI=1S/C6H14N4O2.C3H8O2.C2H5NO2.C2H5NO/c7-4(5(11)12)2-1-3-10-6(8)9;1-3(5)2-4;3-1-2(4)5;1-2(3)4/h4H,1-3,7H2,(H,11,12)(H4,8,9,10);3-5H,2H2,1H3;1,3H2,(H,4,5);1H3,(H2,3,4)/t4-;;;/m0.../s1. The van der Waals surface area contributed by atoms with Crippen LogP contribution < -0.4 is 28.7 Å². The van der Waals surface area contributed by atoms with Gasteiger partial charge in [0.25, 0.3) is 0 Å². The minimum Gasteiger partial charge on any atom is -0.480 e. The highest BCUT2D eigenvalue weighted by Gasteiger charge is 2.09. The van der Waals surface area contributed by atoms with Crippen LogP contribution in [0.15, 0.2) is 4.99 Å². The number of aliphatic hydroxyl groups excluding tert-OH is 2. The van der Waals surface area contributed by atoms with Crippen LogP contribution >= 0.6 is 0 Å². The smallest absolute Gasteiger partial charge is 0.320 e. The first-order valence-corrected chi connectivity index (χ1v) is 7.32. The average Bonchev–Trinajstić information content (AvgIpc) is 2.51. The van der Waals surface area contributed by atoms with Crippen molar-refractivity contribution in [3.63, 3.8) is 0 Å². The van der Waals surface area contributed by atoms with Crippen LogP contribution in [-0.4, -0.2) is 76.1 Å². The van der Waals surface area contributed by atoms with Gasteiger partial charge in [0.2, 0.25) is 5.91 Å². The molecular weight excluding hydrogens is 352 g/mol. The Balaban J connectivity index is -0.000000143. The first-order valence-electron chi connectivity index (χ1n) is 7.32. The van der Waals surface area contributed by atoms with Crippen LogP contribution in [-0.2, 0) is 14.4 Å². The molecule has 14 N–H and O–H groups in total. The lowest BCUT2D eigenvalue weighted by atomic mass is 10.2. The Hall–Kier alpha value is -2.48. The van der Waals surface area contributed by atoms with Gasteiger partial charge >= 0.3 is 11.9 Å². The Morgan fingerprint density at radius 1 is 1.12 bits per heavy atom. The quantitative estimate of drug-likeness (QED) is 0.117. The topological polar surface area (TPSA) is 275 Å². The molecule has 0 bridgehead atoms. The van der Waals surface area contributed by atoms with Crippen LogP contribution in [0.4, 0.5) is 0 Å². The van der Waals surface area contributed by atoms with E-state index in [9.17, 15) is 14.4 Å². The number of amides is 1.